The smallest absolute Gasteiger partial charge is 0.253 e. The van der Waals surface area contributed by atoms with Crippen molar-refractivity contribution in [3.05, 3.63) is 63.8 Å². The Kier molecular flexibility index (Phi) is 7.58. The molecule has 1 aliphatic heterocycles. The molecule has 1 fully saturated rings. The van der Waals surface area contributed by atoms with Gasteiger partial charge in [-0.05, 0) is 62.5 Å². The van der Waals surface area contributed by atoms with E-state index in [1.807, 2.05) is 4.90 Å². The number of fused-ring (bicyclic) bond motifs is 3. The van der Waals surface area contributed by atoms with E-state index < -0.39 is 64.3 Å². The van der Waals surface area contributed by atoms with E-state index in [4.69, 9.17) is 10.2 Å². The number of alkyl halides is 2. The van der Waals surface area contributed by atoms with Gasteiger partial charge in [-0.2, -0.15) is 0 Å². The number of amides is 1. The normalized spacial score (nSPS) is 28.0. The number of piperidine rings is 1. The second-order valence-corrected chi connectivity index (χ2v) is 12.9. The van der Waals surface area contributed by atoms with E-state index in [1.165, 1.54) is 12.3 Å². The lowest BCUT2D eigenvalue weighted by Crippen LogP contribution is -2.54. The van der Waals surface area contributed by atoms with Gasteiger partial charge in [0.15, 0.2) is 5.78 Å². The fourth-order valence-electron chi connectivity index (χ4n) is 7.90. The van der Waals surface area contributed by atoms with Crippen LogP contribution in [0.1, 0.15) is 47.2 Å². The Morgan fingerprint density at radius 3 is 2.44 bits per heavy atom. The molecule has 3 aliphatic carbocycles. The average Bonchev–Trinajstić information content (AvgIpc) is 3.36. The molecule has 11 nitrogen and oxygen atoms in total. The zero-order valence-electron chi connectivity index (χ0n) is 25.0. The molecule has 4 aliphatic rings. The number of phenols is 1. The van der Waals surface area contributed by atoms with E-state index in [0.29, 0.717) is 23.4 Å². The van der Waals surface area contributed by atoms with Crippen LogP contribution >= 0.6 is 0 Å². The van der Waals surface area contributed by atoms with Gasteiger partial charge in [0.25, 0.3) is 11.8 Å². The number of allylic oxidation sites excluding steroid dienone is 1. The number of halogens is 2. The van der Waals surface area contributed by atoms with Gasteiger partial charge in [0, 0.05) is 61.6 Å². The summed E-state index contributed by atoms with van der Waals surface area (Å²) in [6.45, 7) is 0.783. The standard InChI is InChI=1S/C32H37F2N3O8/c1-36(2)20-13-22(39)26(30(35)42)32(43,44)25-19(20)12-16-11-18-17(3-4-21(38)24(18)27(40)23(16)28(25)41)29-15(5-10-45-29)14-37-8-6-31(33,34)7-9-37/h3-5,10,16,19-20,25,38-39,41,43-44H,6-9,11-14H2,1-2H3,(H2,35,42)/t16?,19?,20-,25?/m1/s1. The predicted octanol–water partition coefficient (Wildman–Crippen LogP) is 3.00. The van der Waals surface area contributed by atoms with Gasteiger partial charge in [-0.3, -0.25) is 14.5 Å². The first-order chi connectivity index (χ1) is 21.1. The molecule has 13 heteroatoms. The van der Waals surface area contributed by atoms with Crippen LogP contribution in [0.15, 0.2) is 51.5 Å². The summed E-state index contributed by atoms with van der Waals surface area (Å²) in [5, 5.41) is 56.0. The van der Waals surface area contributed by atoms with Crippen LogP contribution in [-0.4, -0.2) is 92.0 Å². The van der Waals surface area contributed by atoms with Crippen molar-refractivity contribution >= 4 is 11.7 Å². The van der Waals surface area contributed by atoms with Gasteiger partial charge in [-0.25, -0.2) is 8.78 Å². The van der Waals surface area contributed by atoms with E-state index in [2.05, 4.69) is 0 Å². The maximum atomic E-state index is 14.1. The molecule has 0 saturated carbocycles. The van der Waals surface area contributed by atoms with Crippen LogP contribution < -0.4 is 5.73 Å². The molecule has 1 amide bonds. The number of nitrogens with two attached hydrogens (primary N) is 1. The third-order valence-corrected chi connectivity index (χ3v) is 10.0. The van der Waals surface area contributed by atoms with Crippen molar-refractivity contribution in [2.45, 2.75) is 56.4 Å². The van der Waals surface area contributed by atoms with Gasteiger partial charge in [-0.1, -0.05) is 0 Å². The highest BCUT2D eigenvalue weighted by atomic mass is 19.3. The minimum Gasteiger partial charge on any atom is -0.512 e. The minimum atomic E-state index is -3.08. The number of carbonyl (C=O) groups is 2. The molecule has 1 saturated heterocycles. The molecule has 2 heterocycles. The first-order valence-corrected chi connectivity index (χ1v) is 15.0. The summed E-state index contributed by atoms with van der Waals surface area (Å²) in [6, 6.07) is 4.14. The van der Waals surface area contributed by atoms with Crippen molar-refractivity contribution in [2.24, 2.45) is 23.5 Å². The van der Waals surface area contributed by atoms with Gasteiger partial charge in [0.2, 0.25) is 5.79 Å². The molecule has 4 atom stereocenters. The number of hydrogen-bond donors (Lipinski definition) is 6. The summed E-state index contributed by atoms with van der Waals surface area (Å²) in [5.74, 6) is -11.8. The maximum absolute atomic E-state index is 14.1. The number of rotatable bonds is 5. The number of hydrogen-bond acceptors (Lipinski definition) is 10. The fourth-order valence-corrected chi connectivity index (χ4v) is 7.90. The van der Waals surface area contributed by atoms with Crippen LogP contribution in [0.3, 0.4) is 0 Å². The Balaban J connectivity index is 1.43. The third-order valence-electron chi connectivity index (χ3n) is 10.0. The number of aliphatic hydroxyl groups excluding tert-OH is 2. The van der Waals surface area contributed by atoms with Crippen molar-refractivity contribution < 1.29 is 48.3 Å². The number of furan rings is 1. The lowest BCUT2D eigenvalue weighted by atomic mass is 9.62. The quantitative estimate of drug-likeness (QED) is 0.269. The first kappa shape index (κ1) is 31.2. The van der Waals surface area contributed by atoms with Gasteiger partial charge < -0.3 is 40.6 Å². The number of ketones is 1. The molecule has 0 spiro atoms. The molecule has 45 heavy (non-hydrogen) atoms. The highest BCUT2D eigenvalue weighted by Crippen LogP contribution is 2.53. The molecule has 0 bridgehead atoms. The topological polar surface area (TPSA) is 181 Å². The van der Waals surface area contributed by atoms with Crippen molar-refractivity contribution in [1.29, 1.82) is 0 Å². The van der Waals surface area contributed by atoms with Gasteiger partial charge >= 0.3 is 0 Å². The Labute approximate surface area is 257 Å². The number of Topliss-reactive ketones (excluding diaryl/α,β-unsaturated/α-hetero) is 1. The molecule has 1 aromatic carbocycles. The lowest BCUT2D eigenvalue weighted by molar-refractivity contribution is -0.188. The second kappa shape index (κ2) is 10.9. The Morgan fingerprint density at radius 2 is 1.80 bits per heavy atom. The number of carbonyl (C=O) groups excluding carboxylic acids is 2. The Hall–Kier alpha value is -3.78. The number of primary amides is 1. The molecule has 0 radical (unpaired) electrons. The molecule has 242 valence electrons. The monoisotopic (exact) mass is 629 g/mol. The largest absolute Gasteiger partial charge is 0.512 e. The van der Waals surface area contributed by atoms with Crippen molar-refractivity contribution in [3.63, 3.8) is 0 Å². The zero-order valence-corrected chi connectivity index (χ0v) is 25.0. The van der Waals surface area contributed by atoms with E-state index in [0.717, 1.165) is 5.56 Å². The molecular formula is C32H37F2N3O8. The maximum Gasteiger partial charge on any atom is 0.253 e. The molecule has 1 aromatic heterocycles. The number of aliphatic hydroxyl groups is 4. The van der Waals surface area contributed by atoms with Crippen LogP contribution in [0.25, 0.3) is 11.3 Å². The van der Waals surface area contributed by atoms with Crippen molar-refractivity contribution in [3.8, 4) is 17.1 Å². The molecule has 2 aromatic rings. The predicted molar refractivity (Wildman–Crippen MR) is 156 cm³/mol. The van der Waals surface area contributed by atoms with E-state index in [9.17, 15) is 43.9 Å². The average molecular weight is 630 g/mol. The summed E-state index contributed by atoms with van der Waals surface area (Å²) in [4.78, 5) is 30.1. The lowest BCUT2D eigenvalue weighted by Gasteiger charge is -2.46. The Bertz CT molecular complexity index is 1620. The van der Waals surface area contributed by atoms with Gasteiger partial charge in [0.1, 0.15) is 28.6 Å². The zero-order chi connectivity index (χ0) is 32.6. The molecular weight excluding hydrogens is 592 g/mol. The van der Waals surface area contributed by atoms with E-state index in [1.54, 1.807) is 31.1 Å². The number of benzene rings is 1. The summed E-state index contributed by atoms with van der Waals surface area (Å²) < 4.78 is 33.4. The summed E-state index contributed by atoms with van der Waals surface area (Å²) >= 11 is 0. The summed E-state index contributed by atoms with van der Waals surface area (Å²) in [7, 11) is 3.44. The molecule has 3 unspecified atom stereocenters. The number of nitrogens with zero attached hydrogens (tertiary/aromatic N) is 2. The number of likely N-dealkylation sites (tertiary alicyclic amines) is 1. The van der Waals surface area contributed by atoms with Crippen molar-refractivity contribution in [2.75, 3.05) is 27.2 Å². The summed E-state index contributed by atoms with van der Waals surface area (Å²) in [5.41, 5.74) is 6.17. The van der Waals surface area contributed by atoms with E-state index in [-0.39, 0.29) is 62.1 Å². The van der Waals surface area contributed by atoms with Crippen molar-refractivity contribution in [1.82, 2.24) is 9.80 Å². The minimum absolute atomic E-state index is 0.0727. The Morgan fingerprint density at radius 1 is 1.11 bits per heavy atom. The fraction of sp³-hybridized carbons (Fsp3) is 0.500. The third kappa shape index (κ3) is 5.11. The molecule has 6 rings (SSSR count). The second-order valence-electron chi connectivity index (χ2n) is 12.9. The highest BCUT2D eigenvalue weighted by molar-refractivity contribution is 6.14. The van der Waals surface area contributed by atoms with Crippen LogP contribution in [0.2, 0.25) is 0 Å². The highest BCUT2D eigenvalue weighted by Gasteiger charge is 2.58. The van der Waals surface area contributed by atoms with Gasteiger partial charge in [0.05, 0.1) is 17.7 Å². The van der Waals surface area contributed by atoms with Crippen LogP contribution in [-0.2, 0) is 17.8 Å². The van der Waals surface area contributed by atoms with Gasteiger partial charge in [-0.15, -0.1) is 0 Å². The van der Waals surface area contributed by atoms with Crippen LogP contribution in [0.4, 0.5) is 8.78 Å². The number of phenolic OH excluding ortho intramolecular Hbond substituents is 1. The van der Waals surface area contributed by atoms with Crippen LogP contribution in [0.5, 0.6) is 5.75 Å². The molecule has 7 N–H and O–H groups in total. The SMILES string of the molecule is CN(C)[C@@H]1CC(O)=C(C(N)=O)C(O)(O)C2C(O)=C3C(=O)c4c(O)ccc(-c5occc5CN5CCC(F)(F)CC5)c4CC3CC21. The van der Waals surface area contributed by atoms with Crippen LogP contribution in [0, 0.1) is 17.8 Å². The van der Waals surface area contributed by atoms with E-state index >= 15 is 0 Å². The number of aromatic hydroxyl groups is 1. The summed E-state index contributed by atoms with van der Waals surface area (Å²) in [6.07, 6.45) is 1.20. The first-order valence-electron chi connectivity index (χ1n) is 15.0.